The zero-order chi connectivity index (χ0) is 19.5. The minimum atomic E-state index is -0.804. The molecule has 0 radical (unpaired) electrons. The van der Waals surface area contributed by atoms with E-state index in [4.69, 9.17) is 9.72 Å². The SMILES string of the molecule is Cc1cc(N2CCOCC2)nc(N2CCN(Cc3ccc(F)c(F)c3)CC2)n1. The number of benzene rings is 1. The van der Waals surface area contributed by atoms with E-state index in [0.29, 0.717) is 6.54 Å². The minimum Gasteiger partial charge on any atom is -0.378 e. The van der Waals surface area contributed by atoms with Crippen molar-refractivity contribution in [3.05, 3.63) is 47.2 Å². The highest BCUT2D eigenvalue weighted by Crippen LogP contribution is 2.20. The Bertz CT molecular complexity index is 820. The zero-order valence-corrected chi connectivity index (χ0v) is 16.1. The summed E-state index contributed by atoms with van der Waals surface area (Å²) in [6.45, 7) is 8.99. The van der Waals surface area contributed by atoms with Crippen LogP contribution in [0.25, 0.3) is 0 Å². The second-order valence-electron chi connectivity index (χ2n) is 7.28. The molecule has 2 fully saturated rings. The first-order valence-corrected chi connectivity index (χ1v) is 9.68. The van der Waals surface area contributed by atoms with Gasteiger partial charge in [0, 0.05) is 57.6 Å². The number of morpholine rings is 1. The van der Waals surface area contributed by atoms with Gasteiger partial charge in [-0.3, -0.25) is 4.90 Å². The molecule has 2 aromatic rings. The first kappa shape index (κ1) is 19.0. The fourth-order valence-corrected chi connectivity index (χ4v) is 3.63. The molecule has 0 atom stereocenters. The van der Waals surface area contributed by atoms with Crippen LogP contribution in [0.1, 0.15) is 11.3 Å². The van der Waals surface area contributed by atoms with Gasteiger partial charge >= 0.3 is 0 Å². The van der Waals surface area contributed by atoms with Gasteiger partial charge < -0.3 is 14.5 Å². The number of aryl methyl sites for hydroxylation is 1. The predicted octanol–water partition coefficient (Wildman–Crippen LogP) is 2.22. The van der Waals surface area contributed by atoms with Crippen molar-refractivity contribution >= 4 is 11.8 Å². The lowest BCUT2D eigenvalue weighted by Crippen LogP contribution is -2.46. The summed E-state index contributed by atoms with van der Waals surface area (Å²) in [5.41, 5.74) is 1.74. The van der Waals surface area contributed by atoms with Crippen molar-refractivity contribution in [3.8, 4) is 0 Å². The van der Waals surface area contributed by atoms with Crippen LogP contribution in [0.2, 0.25) is 0 Å². The molecule has 1 aromatic heterocycles. The molecule has 2 saturated heterocycles. The molecule has 3 heterocycles. The molecule has 150 valence electrons. The van der Waals surface area contributed by atoms with Crippen LogP contribution in [0, 0.1) is 18.6 Å². The van der Waals surface area contributed by atoms with Gasteiger partial charge in [0.2, 0.25) is 5.95 Å². The molecular formula is C20H25F2N5O. The van der Waals surface area contributed by atoms with E-state index in [0.717, 1.165) is 75.5 Å². The van der Waals surface area contributed by atoms with E-state index >= 15 is 0 Å². The first-order valence-electron chi connectivity index (χ1n) is 9.68. The fourth-order valence-electron chi connectivity index (χ4n) is 3.63. The van der Waals surface area contributed by atoms with E-state index in [1.54, 1.807) is 6.07 Å². The summed E-state index contributed by atoms with van der Waals surface area (Å²) in [7, 11) is 0. The normalized spacial score (nSPS) is 18.5. The number of piperazine rings is 1. The fraction of sp³-hybridized carbons (Fsp3) is 0.500. The number of aromatic nitrogens is 2. The Kier molecular flexibility index (Phi) is 5.68. The van der Waals surface area contributed by atoms with Gasteiger partial charge in [-0.2, -0.15) is 4.98 Å². The van der Waals surface area contributed by atoms with Crippen LogP contribution in [0.15, 0.2) is 24.3 Å². The number of hydrogen-bond donors (Lipinski definition) is 0. The molecule has 0 unspecified atom stereocenters. The molecule has 0 saturated carbocycles. The topological polar surface area (TPSA) is 44.7 Å². The number of anilines is 2. The lowest BCUT2D eigenvalue weighted by atomic mass is 10.2. The molecule has 0 amide bonds. The summed E-state index contributed by atoms with van der Waals surface area (Å²) in [5, 5.41) is 0. The van der Waals surface area contributed by atoms with Gasteiger partial charge in [-0.25, -0.2) is 13.8 Å². The van der Waals surface area contributed by atoms with Crippen LogP contribution in [0.3, 0.4) is 0 Å². The lowest BCUT2D eigenvalue weighted by molar-refractivity contribution is 0.122. The Morgan fingerprint density at radius 2 is 1.64 bits per heavy atom. The summed E-state index contributed by atoms with van der Waals surface area (Å²) in [6, 6.07) is 6.13. The third kappa shape index (κ3) is 4.39. The van der Waals surface area contributed by atoms with Crippen molar-refractivity contribution in [3.63, 3.8) is 0 Å². The monoisotopic (exact) mass is 389 g/mol. The van der Waals surface area contributed by atoms with Crippen LogP contribution in [-0.2, 0) is 11.3 Å². The highest BCUT2D eigenvalue weighted by molar-refractivity contribution is 5.46. The third-order valence-electron chi connectivity index (χ3n) is 5.21. The summed E-state index contributed by atoms with van der Waals surface area (Å²) < 4.78 is 31.9. The molecule has 4 rings (SSSR count). The first-order chi connectivity index (χ1) is 13.6. The van der Waals surface area contributed by atoms with Crippen LogP contribution in [0.4, 0.5) is 20.5 Å². The molecular weight excluding hydrogens is 364 g/mol. The van der Waals surface area contributed by atoms with E-state index in [-0.39, 0.29) is 0 Å². The van der Waals surface area contributed by atoms with E-state index in [2.05, 4.69) is 19.7 Å². The molecule has 0 spiro atoms. The second-order valence-corrected chi connectivity index (χ2v) is 7.28. The largest absolute Gasteiger partial charge is 0.378 e. The van der Waals surface area contributed by atoms with Crippen LogP contribution >= 0.6 is 0 Å². The number of nitrogens with zero attached hydrogens (tertiary/aromatic N) is 5. The zero-order valence-electron chi connectivity index (χ0n) is 16.1. The Labute approximate surface area is 163 Å². The Hall–Kier alpha value is -2.32. The molecule has 2 aliphatic rings. The van der Waals surface area contributed by atoms with E-state index in [1.165, 1.54) is 12.1 Å². The number of halogens is 2. The molecule has 2 aliphatic heterocycles. The van der Waals surface area contributed by atoms with Crippen molar-refractivity contribution in [1.82, 2.24) is 14.9 Å². The molecule has 0 N–H and O–H groups in total. The van der Waals surface area contributed by atoms with Gasteiger partial charge in [-0.1, -0.05) is 6.07 Å². The summed E-state index contributed by atoms with van der Waals surface area (Å²) in [6.07, 6.45) is 0. The standard InChI is InChI=1S/C20H25F2N5O/c1-15-12-19(26-8-10-28-11-9-26)24-20(23-15)27-6-4-25(5-7-27)14-16-2-3-17(21)18(22)13-16/h2-3,12-13H,4-11,14H2,1H3. The average molecular weight is 389 g/mol. The van der Waals surface area contributed by atoms with Crippen molar-refractivity contribution < 1.29 is 13.5 Å². The third-order valence-corrected chi connectivity index (χ3v) is 5.21. The number of ether oxygens (including phenoxy) is 1. The van der Waals surface area contributed by atoms with Crippen molar-refractivity contribution in [2.45, 2.75) is 13.5 Å². The van der Waals surface area contributed by atoms with Gasteiger partial charge in [0.25, 0.3) is 0 Å². The maximum Gasteiger partial charge on any atom is 0.227 e. The second kappa shape index (κ2) is 8.36. The Morgan fingerprint density at radius 3 is 2.36 bits per heavy atom. The summed E-state index contributed by atoms with van der Waals surface area (Å²) in [5.74, 6) is 0.116. The van der Waals surface area contributed by atoms with Crippen molar-refractivity contribution in [1.29, 1.82) is 0 Å². The lowest BCUT2D eigenvalue weighted by Gasteiger charge is -2.35. The van der Waals surface area contributed by atoms with Crippen LogP contribution in [0.5, 0.6) is 0 Å². The maximum atomic E-state index is 13.4. The predicted molar refractivity (Wildman–Crippen MR) is 104 cm³/mol. The van der Waals surface area contributed by atoms with Gasteiger partial charge in [0.15, 0.2) is 11.6 Å². The van der Waals surface area contributed by atoms with Crippen LogP contribution < -0.4 is 9.80 Å². The van der Waals surface area contributed by atoms with Gasteiger partial charge in [-0.05, 0) is 24.6 Å². The smallest absolute Gasteiger partial charge is 0.227 e. The van der Waals surface area contributed by atoms with Crippen molar-refractivity contribution in [2.24, 2.45) is 0 Å². The van der Waals surface area contributed by atoms with E-state index in [1.807, 2.05) is 13.0 Å². The van der Waals surface area contributed by atoms with Gasteiger partial charge in [-0.15, -0.1) is 0 Å². The molecule has 6 nitrogen and oxygen atoms in total. The average Bonchev–Trinajstić information content (AvgIpc) is 2.71. The van der Waals surface area contributed by atoms with E-state index in [9.17, 15) is 8.78 Å². The van der Waals surface area contributed by atoms with Gasteiger partial charge in [0.1, 0.15) is 5.82 Å². The number of hydrogen-bond acceptors (Lipinski definition) is 6. The Balaban J connectivity index is 1.39. The highest BCUT2D eigenvalue weighted by Gasteiger charge is 2.21. The van der Waals surface area contributed by atoms with Crippen LogP contribution in [-0.4, -0.2) is 67.4 Å². The highest BCUT2D eigenvalue weighted by atomic mass is 19.2. The molecule has 0 aliphatic carbocycles. The molecule has 1 aromatic carbocycles. The maximum absolute atomic E-state index is 13.4. The van der Waals surface area contributed by atoms with Gasteiger partial charge in [0.05, 0.1) is 13.2 Å². The molecule has 28 heavy (non-hydrogen) atoms. The Morgan fingerprint density at radius 1 is 0.893 bits per heavy atom. The summed E-state index contributed by atoms with van der Waals surface area (Å²) in [4.78, 5) is 16.1. The van der Waals surface area contributed by atoms with E-state index < -0.39 is 11.6 Å². The van der Waals surface area contributed by atoms with Crippen molar-refractivity contribution in [2.75, 3.05) is 62.3 Å². The molecule has 0 bridgehead atoms. The quantitative estimate of drug-likeness (QED) is 0.799. The number of rotatable bonds is 4. The summed E-state index contributed by atoms with van der Waals surface area (Å²) >= 11 is 0. The molecule has 8 heteroatoms. The minimum absolute atomic E-state index is 0.610.